The number of allylic oxidation sites excluding steroid dienone is 2. The number of nitro groups is 1. The molecule has 1 aliphatic rings. The number of nitro benzene ring substituents is 1. The quantitative estimate of drug-likeness (QED) is 0.345. The standard InChI is InChI=1S/C26H24N2O5S/c1-18-14-19(2)26(20(3)15-18)33-25-13-12-22(21-8-5-4-6-9-21)17-27(25)34(31,32)24-11-7-10-23(16-24)28(29)30/h4-17,25H,1-3H3. The summed E-state index contributed by atoms with van der Waals surface area (Å²) in [4.78, 5) is 10.4. The zero-order valence-corrected chi connectivity index (χ0v) is 19.8. The largest absolute Gasteiger partial charge is 0.465 e. The van der Waals surface area contributed by atoms with Crippen LogP contribution in [0.25, 0.3) is 5.57 Å². The van der Waals surface area contributed by atoms with Gasteiger partial charge in [-0.05, 0) is 55.2 Å². The molecule has 0 fully saturated rings. The average Bonchev–Trinajstić information content (AvgIpc) is 2.82. The Hall–Kier alpha value is -3.91. The highest BCUT2D eigenvalue weighted by molar-refractivity contribution is 7.89. The van der Waals surface area contributed by atoms with Crippen LogP contribution in [0, 0.1) is 30.9 Å². The van der Waals surface area contributed by atoms with Crippen LogP contribution >= 0.6 is 0 Å². The van der Waals surface area contributed by atoms with E-state index < -0.39 is 21.2 Å². The highest BCUT2D eigenvalue weighted by Gasteiger charge is 2.33. The molecular weight excluding hydrogens is 452 g/mol. The molecule has 0 aromatic heterocycles. The van der Waals surface area contributed by atoms with Crippen LogP contribution in [0.3, 0.4) is 0 Å². The van der Waals surface area contributed by atoms with Crippen molar-refractivity contribution in [2.45, 2.75) is 31.9 Å². The number of hydrogen-bond acceptors (Lipinski definition) is 5. The highest BCUT2D eigenvalue weighted by Crippen LogP contribution is 2.33. The van der Waals surface area contributed by atoms with Gasteiger partial charge in [-0.1, -0.05) is 60.2 Å². The molecule has 8 heteroatoms. The van der Waals surface area contributed by atoms with Gasteiger partial charge in [0.1, 0.15) is 5.75 Å². The van der Waals surface area contributed by atoms with Gasteiger partial charge >= 0.3 is 0 Å². The molecule has 0 amide bonds. The first-order valence-corrected chi connectivity index (χ1v) is 12.1. The van der Waals surface area contributed by atoms with E-state index in [0.717, 1.165) is 32.6 Å². The van der Waals surface area contributed by atoms with Gasteiger partial charge in [0, 0.05) is 18.3 Å². The van der Waals surface area contributed by atoms with E-state index in [2.05, 4.69) is 0 Å². The highest BCUT2D eigenvalue weighted by atomic mass is 32.2. The first-order chi connectivity index (χ1) is 16.2. The third kappa shape index (κ3) is 4.58. The van der Waals surface area contributed by atoms with Gasteiger partial charge in [0.05, 0.1) is 9.82 Å². The normalized spacial score (nSPS) is 15.7. The van der Waals surface area contributed by atoms with E-state index >= 15 is 0 Å². The van der Waals surface area contributed by atoms with Crippen molar-refractivity contribution in [2.75, 3.05) is 0 Å². The third-order valence-electron chi connectivity index (χ3n) is 5.51. The summed E-state index contributed by atoms with van der Waals surface area (Å²) >= 11 is 0. The van der Waals surface area contributed by atoms with Crippen LogP contribution in [-0.4, -0.2) is 23.9 Å². The minimum Gasteiger partial charge on any atom is -0.465 e. The van der Waals surface area contributed by atoms with Crippen LogP contribution in [0.2, 0.25) is 0 Å². The molecule has 1 aliphatic heterocycles. The summed E-state index contributed by atoms with van der Waals surface area (Å²) in [5.41, 5.74) is 4.05. The van der Waals surface area contributed by atoms with Crippen molar-refractivity contribution in [3.8, 4) is 5.75 Å². The maximum Gasteiger partial charge on any atom is 0.270 e. The van der Waals surface area contributed by atoms with E-state index in [1.165, 1.54) is 24.4 Å². The molecule has 1 heterocycles. The fraction of sp³-hybridized carbons (Fsp3) is 0.154. The van der Waals surface area contributed by atoms with Crippen molar-refractivity contribution in [3.05, 3.63) is 117 Å². The molecule has 34 heavy (non-hydrogen) atoms. The van der Waals surface area contributed by atoms with Crippen LogP contribution in [0.1, 0.15) is 22.3 Å². The molecule has 0 bridgehead atoms. The third-order valence-corrected chi connectivity index (χ3v) is 7.23. The van der Waals surface area contributed by atoms with Gasteiger partial charge < -0.3 is 4.74 Å². The Labute approximate surface area is 198 Å². The number of nitrogens with zero attached hydrogens (tertiary/aromatic N) is 2. The van der Waals surface area contributed by atoms with Crippen LogP contribution in [0.5, 0.6) is 5.75 Å². The van der Waals surface area contributed by atoms with Gasteiger partial charge in [-0.15, -0.1) is 0 Å². The second-order valence-corrected chi connectivity index (χ2v) is 9.98. The number of rotatable bonds is 6. The second-order valence-electron chi connectivity index (χ2n) is 8.14. The van der Waals surface area contributed by atoms with Crippen molar-refractivity contribution in [1.29, 1.82) is 0 Å². The molecular formula is C26H24N2O5S. The summed E-state index contributed by atoms with van der Waals surface area (Å²) in [6, 6.07) is 18.3. The number of benzene rings is 3. The Morgan fingerprint density at radius 2 is 1.62 bits per heavy atom. The minimum absolute atomic E-state index is 0.188. The van der Waals surface area contributed by atoms with Gasteiger partial charge in [0.25, 0.3) is 15.7 Å². The van der Waals surface area contributed by atoms with Gasteiger partial charge in [-0.3, -0.25) is 10.1 Å². The van der Waals surface area contributed by atoms with E-state index in [9.17, 15) is 18.5 Å². The fourth-order valence-electron chi connectivity index (χ4n) is 3.98. The Morgan fingerprint density at radius 3 is 2.26 bits per heavy atom. The first kappa shape index (κ1) is 23.3. The Bertz CT molecular complexity index is 1390. The summed E-state index contributed by atoms with van der Waals surface area (Å²) in [5.74, 6) is 0.594. The Morgan fingerprint density at radius 1 is 0.941 bits per heavy atom. The first-order valence-electron chi connectivity index (χ1n) is 10.6. The summed E-state index contributed by atoms with van der Waals surface area (Å²) in [6.45, 7) is 5.80. The number of ether oxygens (including phenoxy) is 1. The van der Waals surface area contributed by atoms with Crippen LogP contribution in [-0.2, 0) is 10.0 Å². The van der Waals surface area contributed by atoms with Crippen LogP contribution < -0.4 is 4.74 Å². The lowest BCUT2D eigenvalue weighted by Gasteiger charge is -2.32. The van der Waals surface area contributed by atoms with Crippen molar-refractivity contribution < 1.29 is 18.1 Å². The SMILES string of the molecule is Cc1cc(C)c(OC2C=CC(c3ccccc3)=CN2S(=O)(=O)c2cccc([N+](=O)[O-])c2)c(C)c1. The lowest BCUT2D eigenvalue weighted by atomic mass is 10.0. The average molecular weight is 477 g/mol. The van der Waals surface area contributed by atoms with Crippen molar-refractivity contribution >= 4 is 21.3 Å². The molecule has 1 unspecified atom stereocenters. The summed E-state index contributed by atoms with van der Waals surface area (Å²) in [7, 11) is -4.19. The van der Waals surface area contributed by atoms with Crippen molar-refractivity contribution in [1.82, 2.24) is 4.31 Å². The maximum absolute atomic E-state index is 13.7. The summed E-state index contributed by atoms with van der Waals surface area (Å²) in [5, 5.41) is 11.3. The van der Waals surface area contributed by atoms with E-state index in [0.29, 0.717) is 11.3 Å². The molecule has 0 spiro atoms. The molecule has 0 saturated carbocycles. The molecule has 1 atom stereocenters. The smallest absolute Gasteiger partial charge is 0.270 e. The van der Waals surface area contributed by atoms with Gasteiger partial charge in [-0.25, -0.2) is 12.7 Å². The molecule has 7 nitrogen and oxygen atoms in total. The summed E-state index contributed by atoms with van der Waals surface area (Å²) in [6.07, 6.45) is 4.03. The number of aryl methyl sites for hydroxylation is 3. The summed E-state index contributed by atoms with van der Waals surface area (Å²) < 4.78 is 34.8. The lowest BCUT2D eigenvalue weighted by molar-refractivity contribution is -0.385. The zero-order chi connectivity index (χ0) is 24.5. The Kier molecular flexibility index (Phi) is 6.26. The molecule has 174 valence electrons. The van der Waals surface area contributed by atoms with Gasteiger partial charge in [-0.2, -0.15) is 0 Å². The van der Waals surface area contributed by atoms with Crippen LogP contribution in [0.15, 0.2) is 90.0 Å². The van der Waals surface area contributed by atoms with E-state index in [-0.39, 0.29) is 10.6 Å². The topological polar surface area (TPSA) is 89.8 Å². The second kappa shape index (κ2) is 9.15. The van der Waals surface area contributed by atoms with Crippen LogP contribution in [0.4, 0.5) is 5.69 Å². The Balaban J connectivity index is 1.81. The number of sulfonamides is 1. The van der Waals surface area contributed by atoms with Crippen molar-refractivity contribution in [2.24, 2.45) is 0 Å². The molecule has 4 rings (SSSR count). The molecule has 3 aromatic carbocycles. The van der Waals surface area contributed by atoms with Crippen molar-refractivity contribution in [3.63, 3.8) is 0 Å². The van der Waals surface area contributed by atoms with E-state index in [1.807, 2.05) is 69.3 Å². The van der Waals surface area contributed by atoms with E-state index in [1.54, 1.807) is 6.08 Å². The monoisotopic (exact) mass is 476 g/mol. The number of non-ortho nitro benzene ring substituents is 1. The molecule has 0 radical (unpaired) electrons. The molecule has 3 aromatic rings. The van der Waals surface area contributed by atoms with Gasteiger partial charge in [0.15, 0.2) is 0 Å². The number of hydrogen-bond donors (Lipinski definition) is 0. The fourth-order valence-corrected chi connectivity index (χ4v) is 5.38. The molecule has 0 saturated heterocycles. The van der Waals surface area contributed by atoms with E-state index in [4.69, 9.17) is 4.74 Å². The zero-order valence-electron chi connectivity index (χ0n) is 19.0. The maximum atomic E-state index is 13.7. The van der Waals surface area contributed by atoms with Gasteiger partial charge in [0.2, 0.25) is 6.23 Å². The minimum atomic E-state index is -4.19. The lowest BCUT2D eigenvalue weighted by Crippen LogP contribution is -2.40. The predicted molar refractivity (Wildman–Crippen MR) is 131 cm³/mol. The molecule has 0 N–H and O–H groups in total. The predicted octanol–water partition coefficient (Wildman–Crippen LogP) is 5.53. The molecule has 0 aliphatic carbocycles.